The third-order valence-electron chi connectivity index (χ3n) is 11.1. The summed E-state index contributed by atoms with van der Waals surface area (Å²) in [5.41, 5.74) is 8.03. The number of fused-ring (bicyclic) bond motifs is 2. The van der Waals surface area contributed by atoms with Gasteiger partial charge in [-0.25, -0.2) is 9.78 Å². The predicted molar refractivity (Wildman–Crippen MR) is 228 cm³/mol. The fraction of sp³-hybridized carbons (Fsp3) is 0.255. The van der Waals surface area contributed by atoms with Crippen molar-refractivity contribution in [3.05, 3.63) is 158 Å². The maximum atomic E-state index is 14.2. The number of aromatic nitrogens is 2. The fourth-order valence-corrected chi connectivity index (χ4v) is 8.31. The zero-order chi connectivity index (χ0) is 42.9. The number of carboxylic acids is 1. The molecule has 14 heteroatoms. The van der Waals surface area contributed by atoms with Gasteiger partial charge in [-0.2, -0.15) is 0 Å². The summed E-state index contributed by atoms with van der Waals surface area (Å²) in [5, 5.41) is 14.1. The number of nitrogens with one attached hydrogen (secondary N) is 1. The quantitative estimate of drug-likeness (QED) is 0.129. The summed E-state index contributed by atoms with van der Waals surface area (Å²) in [4.78, 5) is 51.1. The lowest BCUT2D eigenvalue weighted by atomic mass is 9.91. The molecule has 0 spiro atoms. The van der Waals surface area contributed by atoms with Crippen LogP contribution in [0.1, 0.15) is 67.3 Å². The van der Waals surface area contributed by atoms with Crippen molar-refractivity contribution < 1.29 is 38.1 Å². The second kappa shape index (κ2) is 17.3. The number of carbonyl (C=O) groups is 3. The van der Waals surface area contributed by atoms with Crippen LogP contribution in [0.2, 0.25) is 10.0 Å². The summed E-state index contributed by atoms with van der Waals surface area (Å²) in [6, 6.07) is 23.6. The Balaban J connectivity index is 0.994. The van der Waals surface area contributed by atoms with Crippen molar-refractivity contribution in [1.29, 1.82) is 0 Å². The molecule has 312 valence electrons. The minimum atomic E-state index is -1.27. The molecular weight excluding hydrogens is 819 g/mol. The fourth-order valence-electron chi connectivity index (χ4n) is 7.74. The van der Waals surface area contributed by atoms with Crippen molar-refractivity contribution >= 4 is 41.0 Å². The molecule has 2 aromatic heterocycles. The van der Waals surface area contributed by atoms with Gasteiger partial charge in [0.05, 0.1) is 0 Å². The topological polar surface area (TPSA) is 153 Å². The monoisotopic (exact) mass is 860 g/mol. The lowest BCUT2D eigenvalue weighted by Crippen LogP contribution is -2.56. The Bertz CT molecular complexity index is 2630. The lowest BCUT2D eigenvalue weighted by Gasteiger charge is -2.37. The molecule has 0 radical (unpaired) electrons. The van der Waals surface area contributed by atoms with Gasteiger partial charge in [-0.15, -0.1) is 0 Å². The SMILES string of the molecule is Cc1nc(C(=O)N2Cc3cc4c(cc3C[C@H]2C(=O)NC(Cc2ccc(-c3ccnc(C)c3C)cc2)C(=O)O)OC[C@H](c2ccc(OCc3cc(Cl)cc(Cl)c3)cc2)O4)c(C)o1. The first kappa shape index (κ1) is 41.4. The molecule has 4 heterocycles. The normalized spacial score (nSPS) is 16.1. The van der Waals surface area contributed by atoms with Crippen LogP contribution in [0.4, 0.5) is 0 Å². The number of pyridine rings is 1. The van der Waals surface area contributed by atoms with E-state index in [2.05, 4.69) is 15.3 Å². The van der Waals surface area contributed by atoms with E-state index in [1.54, 1.807) is 38.2 Å². The van der Waals surface area contributed by atoms with Gasteiger partial charge in [0.25, 0.3) is 5.91 Å². The predicted octanol–water partition coefficient (Wildman–Crippen LogP) is 8.75. The Morgan fingerprint density at radius 3 is 2.31 bits per heavy atom. The smallest absolute Gasteiger partial charge is 0.326 e. The van der Waals surface area contributed by atoms with Crippen molar-refractivity contribution in [3.8, 4) is 28.4 Å². The van der Waals surface area contributed by atoms with Crippen LogP contribution in [0.15, 0.2) is 95.5 Å². The molecular formula is C47H42Cl2N4O8. The number of hydrogen-bond acceptors (Lipinski definition) is 9. The third-order valence-corrected chi connectivity index (χ3v) is 11.5. The molecule has 1 unspecified atom stereocenters. The van der Waals surface area contributed by atoms with Gasteiger partial charge < -0.3 is 34.0 Å². The molecule has 0 fully saturated rings. The van der Waals surface area contributed by atoms with Gasteiger partial charge in [0.1, 0.15) is 36.8 Å². The van der Waals surface area contributed by atoms with E-state index in [0.29, 0.717) is 45.6 Å². The van der Waals surface area contributed by atoms with Gasteiger partial charge in [-0.05, 0) is 114 Å². The van der Waals surface area contributed by atoms with Crippen molar-refractivity contribution in [1.82, 2.24) is 20.2 Å². The largest absolute Gasteiger partial charge is 0.489 e. The Morgan fingerprint density at radius 1 is 0.902 bits per heavy atom. The van der Waals surface area contributed by atoms with Gasteiger partial charge in [-0.3, -0.25) is 14.6 Å². The number of oxazole rings is 1. The van der Waals surface area contributed by atoms with E-state index < -0.39 is 36.0 Å². The lowest BCUT2D eigenvalue weighted by molar-refractivity contribution is -0.142. The molecule has 4 aromatic carbocycles. The molecule has 0 bridgehead atoms. The maximum absolute atomic E-state index is 14.2. The van der Waals surface area contributed by atoms with Crippen molar-refractivity contribution in [3.63, 3.8) is 0 Å². The molecule has 0 aliphatic carbocycles. The number of rotatable bonds is 11. The summed E-state index contributed by atoms with van der Waals surface area (Å²) in [6.45, 7) is 7.79. The number of nitrogens with zero attached hydrogens (tertiary/aromatic N) is 3. The summed E-state index contributed by atoms with van der Waals surface area (Å²) >= 11 is 12.3. The first-order chi connectivity index (χ1) is 29.3. The summed E-state index contributed by atoms with van der Waals surface area (Å²) in [7, 11) is 0. The van der Waals surface area contributed by atoms with E-state index in [1.807, 2.05) is 80.6 Å². The van der Waals surface area contributed by atoms with Crippen molar-refractivity contribution in [2.24, 2.45) is 0 Å². The minimum Gasteiger partial charge on any atom is -0.489 e. The number of aryl methyl sites for hydroxylation is 3. The highest BCUT2D eigenvalue weighted by Gasteiger charge is 2.39. The van der Waals surface area contributed by atoms with Crippen LogP contribution in [-0.2, 0) is 35.6 Å². The average Bonchev–Trinajstić information content (AvgIpc) is 3.59. The van der Waals surface area contributed by atoms with Crippen LogP contribution < -0.4 is 19.5 Å². The van der Waals surface area contributed by atoms with Gasteiger partial charge >= 0.3 is 5.97 Å². The summed E-state index contributed by atoms with van der Waals surface area (Å²) < 4.78 is 24.2. The third kappa shape index (κ3) is 9.06. The van der Waals surface area contributed by atoms with Crippen LogP contribution in [0.25, 0.3) is 11.1 Å². The van der Waals surface area contributed by atoms with Crippen molar-refractivity contribution in [2.75, 3.05) is 6.61 Å². The molecule has 6 aromatic rings. The number of hydrogen-bond donors (Lipinski definition) is 2. The molecule has 3 atom stereocenters. The van der Waals surface area contributed by atoms with E-state index in [4.69, 9.17) is 41.8 Å². The number of amides is 2. The average molecular weight is 862 g/mol. The molecule has 0 saturated carbocycles. The second-order valence-electron chi connectivity index (χ2n) is 15.3. The summed E-state index contributed by atoms with van der Waals surface area (Å²) in [5.74, 6) is -0.0606. The Kier molecular flexibility index (Phi) is 11.7. The maximum Gasteiger partial charge on any atom is 0.326 e. The van der Waals surface area contributed by atoms with E-state index in [0.717, 1.165) is 50.2 Å². The van der Waals surface area contributed by atoms with Gasteiger partial charge in [0.15, 0.2) is 29.2 Å². The zero-order valence-electron chi connectivity index (χ0n) is 33.8. The molecule has 0 saturated heterocycles. The van der Waals surface area contributed by atoms with Crippen LogP contribution in [0, 0.1) is 27.7 Å². The van der Waals surface area contributed by atoms with Gasteiger partial charge in [0, 0.05) is 48.2 Å². The second-order valence-corrected chi connectivity index (χ2v) is 16.2. The Morgan fingerprint density at radius 2 is 1.62 bits per heavy atom. The van der Waals surface area contributed by atoms with E-state index >= 15 is 0 Å². The molecule has 2 amide bonds. The first-order valence-corrected chi connectivity index (χ1v) is 20.5. The highest BCUT2D eigenvalue weighted by atomic mass is 35.5. The van der Waals surface area contributed by atoms with E-state index in [-0.39, 0.29) is 31.7 Å². The molecule has 2 aliphatic rings. The van der Waals surface area contributed by atoms with E-state index in [9.17, 15) is 19.5 Å². The standard InChI is InChI=1S/C47H42Cl2N4O8/c1-25-26(2)50-14-13-38(25)31-7-5-29(6-8-31)17-39(47(56)57)52-45(54)40-18-33-19-41-42(20-34(33)22-53(40)46(55)44-27(3)60-28(4)51-44)61-43(24-59-41)32-9-11-37(12-10-32)58-23-30-15-35(48)21-36(49)16-30/h5-16,19-21,39-40,43H,17-18,22-24H2,1-4H3,(H,52,54)(H,56,57)/t39?,40-,43+/m0/s1. The molecule has 2 N–H and O–H groups in total. The first-order valence-electron chi connectivity index (χ1n) is 19.7. The van der Waals surface area contributed by atoms with Crippen molar-refractivity contribution in [2.45, 2.75) is 71.9 Å². The molecule has 61 heavy (non-hydrogen) atoms. The Hall–Kier alpha value is -6.37. The number of carbonyl (C=O) groups excluding carboxylic acids is 2. The Labute approximate surface area is 362 Å². The number of halogens is 2. The van der Waals surface area contributed by atoms with E-state index in [1.165, 1.54) is 4.90 Å². The molecule has 12 nitrogen and oxygen atoms in total. The van der Waals surface area contributed by atoms with Crippen LogP contribution in [0.3, 0.4) is 0 Å². The van der Waals surface area contributed by atoms with Crippen LogP contribution in [-0.4, -0.2) is 56.4 Å². The number of aliphatic carboxylic acids is 1. The molecule has 2 aliphatic heterocycles. The molecule has 8 rings (SSSR count). The summed E-state index contributed by atoms with van der Waals surface area (Å²) in [6.07, 6.45) is 1.45. The van der Waals surface area contributed by atoms with Crippen LogP contribution >= 0.6 is 23.2 Å². The number of ether oxygens (including phenoxy) is 3. The van der Waals surface area contributed by atoms with Gasteiger partial charge in [0.2, 0.25) is 5.91 Å². The zero-order valence-corrected chi connectivity index (χ0v) is 35.3. The minimum absolute atomic E-state index is 0.0237. The highest BCUT2D eigenvalue weighted by molar-refractivity contribution is 6.34. The van der Waals surface area contributed by atoms with Gasteiger partial charge in [-0.1, -0.05) is 59.6 Å². The number of benzene rings is 4. The van der Waals surface area contributed by atoms with Crippen LogP contribution in [0.5, 0.6) is 17.2 Å². The highest BCUT2D eigenvalue weighted by Crippen LogP contribution is 2.41. The number of carboxylic acid groups (broad SMARTS) is 1.